The van der Waals surface area contributed by atoms with Crippen molar-refractivity contribution in [3.63, 3.8) is 0 Å². The van der Waals surface area contributed by atoms with Gasteiger partial charge in [0.25, 0.3) is 0 Å². The number of hydrogen-bond acceptors (Lipinski definition) is 3. The second-order valence-electron chi connectivity index (χ2n) is 6.07. The molecule has 3 N–H and O–H groups in total. The van der Waals surface area contributed by atoms with E-state index in [-0.39, 0.29) is 32.2 Å². The highest BCUT2D eigenvalue weighted by atomic mass is 19.3. The Morgan fingerprint density at radius 2 is 1.78 bits per heavy atom. The summed E-state index contributed by atoms with van der Waals surface area (Å²) < 4.78 is 31.1. The molecule has 6 heteroatoms. The van der Waals surface area contributed by atoms with Gasteiger partial charge in [0, 0.05) is 24.9 Å². The maximum Gasteiger partial charge on any atom is 0.407 e. The van der Waals surface area contributed by atoms with E-state index in [0.717, 1.165) is 0 Å². The van der Waals surface area contributed by atoms with Gasteiger partial charge in [-0.2, -0.15) is 0 Å². The van der Waals surface area contributed by atoms with Crippen molar-refractivity contribution in [1.29, 1.82) is 0 Å². The summed E-state index contributed by atoms with van der Waals surface area (Å²) in [5.41, 5.74) is 4.66. The molecule has 1 aliphatic rings. The van der Waals surface area contributed by atoms with Crippen molar-refractivity contribution in [1.82, 2.24) is 5.32 Å². The third-order valence-electron chi connectivity index (χ3n) is 2.96. The number of nitrogens with one attached hydrogen (secondary N) is 1. The van der Waals surface area contributed by atoms with Crippen LogP contribution < -0.4 is 11.1 Å². The fourth-order valence-corrected chi connectivity index (χ4v) is 1.85. The SMILES string of the molecule is CC(C)(C)OC(=O)NCC1(N)CCC(F)(F)CC1. The van der Waals surface area contributed by atoms with Crippen molar-refractivity contribution in [2.45, 2.75) is 63.5 Å². The summed E-state index contributed by atoms with van der Waals surface area (Å²) in [5.74, 6) is -2.62. The van der Waals surface area contributed by atoms with E-state index in [4.69, 9.17) is 10.5 Å². The van der Waals surface area contributed by atoms with Crippen LogP contribution in [0.2, 0.25) is 0 Å². The number of halogens is 2. The minimum atomic E-state index is -2.62. The van der Waals surface area contributed by atoms with Gasteiger partial charge in [0.2, 0.25) is 5.92 Å². The van der Waals surface area contributed by atoms with E-state index in [1.165, 1.54) is 0 Å². The first kappa shape index (κ1) is 15.1. The third-order valence-corrected chi connectivity index (χ3v) is 2.96. The number of ether oxygens (including phenoxy) is 1. The molecule has 0 atom stereocenters. The summed E-state index contributed by atoms with van der Waals surface area (Å²) in [6.07, 6.45) is -0.602. The van der Waals surface area contributed by atoms with Gasteiger partial charge in [0.05, 0.1) is 0 Å². The molecule has 1 fully saturated rings. The van der Waals surface area contributed by atoms with Crippen LogP contribution in [-0.4, -0.2) is 29.7 Å². The summed E-state index contributed by atoms with van der Waals surface area (Å²) >= 11 is 0. The smallest absolute Gasteiger partial charge is 0.407 e. The van der Waals surface area contributed by atoms with Crippen LogP contribution in [0.3, 0.4) is 0 Å². The van der Waals surface area contributed by atoms with Crippen molar-refractivity contribution in [3.05, 3.63) is 0 Å². The van der Waals surface area contributed by atoms with Gasteiger partial charge in [-0.1, -0.05) is 0 Å². The topological polar surface area (TPSA) is 64.3 Å². The lowest BCUT2D eigenvalue weighted by molar-refractivity contribution is -0.0503. The molecule has 4 nitrogen and oxygen atoms in total. The molecule has 0 bridgehead atoms. The third kappa shape index (κ3) is 5.16. The highest BCUT2D eigenvalue weighted by Gasteiger charge is 2.41. The zero-order chi connectivity index (χ0) is 14.0. The number of carbonyl (C=O) groups excluding carboxylic acids is 1. The average molecular weight is 264 g/mol. The Morgan fingerprint density at radius 3 is 2.22 bits per heavy atom. The van der Waals surface area contributed by atoms with Crippen molar-refractivity contribution in [3.8, 4) is 0 Å². The number of carbonyl (C=O) groups is 1. The average Bonchev–Trinajstić information content (AvgIpc) is 2.18. The summed E-state index contributed by atoms with van der Waals surface area (Å²) in [5, 5.41) is 2.55. The van der Waals surface area contributed by atoms with E-state index in [1.54, 1.807) is 20.8 Å². The first-order valence-corrected chi connectivity index (χ1v) is 6.15. The van der Waals surface area contributed by atoms with Gasteiger partial charge in [0.1, 0.15) is 5.60 Å². The fraction of sp³-hybridized carbons (Fsp3) is 0.917. The summed E-state index contributed by atoms with van der Waals surface area (Å²) in [6, 6.07) is 0. The minimum absolute atomic E-state index is 0.165. The molecule has 0 aromatic rings. The van der Waals surface area contributed by atoms with Crippen molar-refractivity contribution < 1.29 is 18.3 Å². The zero-order valence-electron chi connectivity index (χ0n) is 11.2. The van der Waals surface area contributed by atoms with Crippen LogP contribution in [-0.2, 0) is 4.74 Å². The molecule has 18 heavy (non-hydrogen) atoms. The van der Waals surface area contributed by atoms with Gasteiger partial charge in [-0.05, 0) is 33.6 Å². The highest BCUT2D eigenvalue weighted by Crippen LogP contribution is 2.36. The number of alkyl halides is 2. The molecular weight excluding hydrogens is 242 g/mol. The predicted molar refractivity (Wildman–Crippen MR) is 64.6 cm³/mol. The Kier molecular flexibility index (Phi) is 4.20. The van der Waals surface area contributed by atoms with Crippen LogP contribution in [0.15, 0.2) is 0 Å². The number of hydrogen-bond donors (Lipinski definition) is 2. The monoisotopic (exact) mass is 264 g/mol. The lowest BCUT2D eigenvalue weighted by Crippen LogP contribution is -2.54. The first-order valence-electron chi connectivity index (χ1n) is 6.15. The second kappa shape index (κ2) is 4.99. The Balaban J connectivity index is 2.37. The number of alkyl carbamates (subject to hydrolysis) is 1. The molecule has 1 aliphatic carbocycles. The van der Waals surface area contributed by atoms with E-state index in [2.05, 4.69) is 5.32 Å². The van der Waals surface area contributed by atoms with Gasteiger partial charge in [-0.25, -0.2) is 13.6 Å². The Hall–Kier alpha value is -0.910. The molecule has 1 saturated carbocycles. The number of amides is 1. The van der Waals surface area contributed by atoms with E-state index >= 15 is 0 Å². The fourth-order valence-electron chi connectivity index (χ4n) is 1.85. The lowest BCUT2D eigenvalue weighted by Gasteiger charge is -2.37. The van der Waals surface area contributed by atoms with Crippen LogP contribution in [0.1, 0.15) is 46.5 Å². The Labute approximate surface area is 106 Å². The van der Waals surface area contributed by atoms with Gasteiger partial charge < -0.3 is 15.8 Å². The molecule has 1 rings (SSSR count). The van der Waals surface area contributed by atoms with Crippen LogP contribution in [0.25, 0.3) is 0 Å². The van der Waals surface area contributed by atoms with Crippen LogP contribution in [0.5, 0.6) is 0 Å². The Morgan fingerprint density at radius 1 is 1.28 bits per heavy atom. The van der Waals surface area contributed by atoms with Crippen LogP contribution in [0, 0.1) is 0 Å². The zero-order valence-corrected chi connectivity index (χ0v) is 11.2. The molecule has 0 aliphatic heterocycles. The van der Waals surface area contributed by atoms with E-state index < -0.39 is 23.2 Å². The predicted octanol–water partition coefficient (Wildman–Crippen LogP) is 2.42. The quantitative estimate of drug-likeness (QED) is 0.805. The second-order valence-corrected chi connectivity index (χ2v) is 6.07. The van der Waals surface area contributed by atoms with Crippen molar-refractivity contribution >= 4 is 6.09 Å². The molecule has 0 spiro atoms. The van der Waals surface area contributed by atoms with Crippen molar-refractivity contribution in [2.24, 2.45) is 5.73 Å². The lowest BCUT2D eigenvalue weighted by atomic mass is 9.80. The number of rotatable bonds is 2. The molecule has 0 aromatic heterocycles. The molecule has 1 amide bonds. The van der Waals surface area contributed by atoms with Gasteiger partial charge in [0.15, 0.2) is 0 Å². The molecule has 106 valence electrons. The maximum absolute atomic E-state index is 13.0. The standard InChI is InChI=1S/C12H22F2N2O2/c1-10(2,3)18-9(17)16-8-11(15)4-6-12(13,14)7-5-11/h4-8,15H2,1-3H3,(H,16,17). The highest BCUT2D eigenvalue weighted by molar-refractivity contribution is 5.67. The van der Waals surface area contributed by atoms with Crippen LogP contribution >= 0.6 is 0 Å². The number of nitrogens with two attached hydrogens (primary N) is 1. The van der Waals surface area contributed by atoms with Gasteiger partial charge in [-0.3, -0.25) is 0 Å². The summed E-state index contributed by atoms with van der Waals surface area (Å²) in [4.78, 5) is 11.4. The molecule has 0 saturated heterocycles. The van der Waals surface area contributed by atoms with E-state index in [1.807, 2.05) is 0 Å². The molecule has 0 radical (unpaired) electrons. The first-order chi connectivity index (χ1) is 8.02. The van der Waals surface area contributed by atoms with Gasteiger partial charge in [-0.15, -0.1) is 0 Å². The minimum Gasteiger partial charge on any atom is -0.444 e. The Bertz CT molecular complexity index is 304. The van der Waals surface area contributed by atoms with E-state index in [9.17, 15) is 13.6 Å². The largest absolute Gasteiger partial charge is 0.444 e. The van der Waals surface area contributed by atoms with E-state index in [0.29, 0.717) is 0 Å². The van der Waals surface area contributed by atoms with Crippen LogP contribution in [0.4, 0.5) is 13.6 Å². The van der Waals surface area contributed by atoms with Crippen molar-refractivity contribution in [2.75, 3.05) is 6.54 Å². The molecular formula is C12H22F2N2O2. The molecule has 0 aromatic carbocycles. The molecule has 0 unspecified atom stereocenters. The summed E-state index contributed by atoms with van der Waals surface area (Å²) in [7, 11) is 0. The summed E-state index contributed by atoms with van der Waals surface area (Å²) in [6.45, 7) is 5.43. The maximum atomic E-state index is 13.0. The molecule has 0 heterocycles. The van der Waals surface area contributed by atoms with Gasteiger partial charge >= 0.3 is 6.09 Å². The normalized spacial score (nSPS) is 22.3.